The van der Waals surface area contributed by atoms with Crippen molar-refractivity contribution in [3.63, 3.8) is 0 Å². The van der Waals surface area contributed by atoms with Crippen LogP contribution in [0.2, 0.25) is 0 Å². The fourth-order valence-electron chi connectivity index (χ4n) is 1.83. The number of sulfone groups is 2. The summed E-state index contributed by atoms with van der Waals surface area (Å²) >= 11 is 0. The predicted octanol–water partition coefficient (Wildman–Crippen LogP) is 0.00980. The maximum absolute atomic E-state index is 11.8. The fraction of sp³-hybridized carbons (Fsp3) is 0.500. The zero-order valence-corrected chi connectivity index (χ0v) is 13.3. The molecule has 0 saturated heterocycles. The smallest absolute Gasteiger partial charge is 0.175 e. The lowest BCUT2D eigenvalue weighted by Gasteiger charge is -2.14. The second-order valence-corrected chi connectivity index (χ2v) is 8.73. The lowest BCUT2D eigenvalue weighted by atomic mass is 10.1. The molecule has 0 spiro atoms. The molecule has 0 amide bonds. The summed E-state index contributed by atoms with van der Waals surface area (Å²) in [5.74, 6) is 0. The van der Waals surface area contributed by atoms with Crippen molar-refractivity contribution in [2.75, 3.05) is 26.2 Å². The molecule has 0 saturated carbocycles. The quantitative estimate of drug-likeness (QED) is 0.791. The summed E-state index contributed by atoms with van der Waals surface area (Å²) in [6.45, 7) is 0.289. The van der Waals surface area contributed by atoms with Crippen LogP contribution in [0.5, 0.6) is 0 Å². The van der Waals surface area contributed by atoms with Crippen molar-refractivity contribution in [3.8, 4) is 0 Å². The first-order chi connectivity index (χ1) is 9.05. The van der Waals surface area contributed by atoms with Crippen LogP contribution in [0.1, 0.15) is 5.56 Å². The molecule has 8 heteroatoms. The van der Waals surface area contributed by atoms with Gasteiger partial charge in [0.1, 0.15) is 0 Å². The first-order valence-electron chi connectivity index (χ1n) is 5.83. The molecule has 114 valence electrons. The average Bonchev–Trinajstić information content (AvgIpc) is 2.26. The molecule has 0 bridgehead atoms. The zero-order valence-electron chi connectivity index (χ0n) is 11.7. The Morgan fingerprint density at radius 3 is 2.20 bits per heavy atom. The van der Waals surface area contributed by atoms with Gasteiger partial charge in [0.25, 0.3) is 0 Å². The van der Waals surface area contributed by atoms with Gasteiger partial charge in [-0.25, -0.2) is 16.8 Å². The Bertz CT molecular complexity index is 680. The average molecular weight is 321 g/mol. The summed E-state index contributed by atoms with van der Waals surface area (Å²) in [6, 6.07) is 3.70. The molecule has 0 aliphatic rings. The largest absolute Gasteiger partial charge is 0.383 e. The molecule has 0 heterocycles. The highest BCUT2D eigenvalue weighted by Crippen LogP contribution is 2.22. The minimum absolute atomic E-state index is 0.00743. The van der Waals surface area contributed by atoms with Crippen molar-refractivity contribution < 1.29 is 21.6 Å². The minimum atomic E-state index is -3.54. The van der Waals surface area contributed by atoms with E-state index in [9.17, 15) is 16.8 Å². The maximum atomic E-state index is 11.8. The number of nitrogens with two attached hydrogens (primary N) is 1. The first-order valence-corrected chi connectivity index (χ1v) is 9.61. The van der Waals surface area contributed by atoms with E-state index < -0.39 is 19.7 Å². The van der Waals surface area contributed by atoms with E-state index in [1.807, 2.05) is 0 Å². The van der Waals surface area contributed by atoms with Gasteiger partial charge >= 0.3 is 0 Å². The minimum Gasteiger partial charge on any atom is -0.383 e. The molecule has 0 aromatic heterocycles. The normalized spacial score (nSPS) is 14.2. The van der Waals surface area contributed by atoms with Crippen LogP contribution in [-0.4, -0.2) is 49.1 Å². The van der Waals surface area contributed by atoms with Gasteiger partial charge in [-0.15, -0.1) is 0 Å². The van der Waals surface area contributed by atoms with Crippen LogP contribution in [0.3, 0.4) is 0 Å². The van der Waals surface area contributed by atoms with Gasteiger partial charge < -0.3 is 10.5 Å². The van der Waals surface area contributed by atoms with Gasteiger partial charge in [-0.3, -0.25) is 0 Å². The van der Waals surface area contributed by atoms with Gasteiger partial charge in [0.2, 0.25) is 0 Å². The van der Waals surface area contributed by atoms with Crippen LogP contribution in [0.4, 0.5) is 0 Å². The first kappa shape index (κ1) is 17.1. The maximum Gasteiger partial charge on any atom is 0.175 e. The third-order valence-electron chi connectivity index (χ3n) is 2.73. The molecular weight excluding hydrogens is 302 g/mol. The molecule has 2 N–H and O–H groups in total. The van der Waals surface area contributed by atoms with Crippen molar-refractivity contribution in [1.82, 2.24) is 0 Å². The van der Waals surface area contributed by atoms with E-state index in [0.29, 0.717) is 12.0 Å². The van der Waals surface area contributed by atoms with E-state index in [4.69, 9.17) is 10.5 Å². The lowest BCUT2D eigenvalue weighted by molar-refractivity contribution is 0.180. The van der Waals surface area contributed by atoms with Gasteiger partial charge in [-0.1, -0.05) is 6.07 Å². The Balaban J connectivity index is 3.33. The highest BCUT2D eigenvalue weighted by Gasteiger charge is 2.19. The Kier molecular flexibility index (Phi) is 5.31. The van der Waals surface area contributed by atoms with Gasteiger partial charge in [0, 0.05) is 25.7 Å². The van der Waals surface area contributed by atoms with Crippen molar-refractivity contribution >= 4 is 19.7 Å². The van der Waals surface area contributed by atoms with Crippen LogP contribution in [0, 0.1) is 0 Å². The third-order valence-corrected chi connectivity index (χ3v) is 5.02. The number of methoxy groups -OCH3 is 1. The topological polar surface area (TPSA) is 104 Å². The van der Waals surface area contributed by atoms with E-state index in [1.165, 1.54) is 25.3 Å². The summed E-state index contributed by atoms with van der Waals surface area (Å²) in [5, 5.41) is 0. The Labute approximate surface area is 119 Å². The van der Waals surface area contributed by atoms with E-state index in [2.05, 4.69) is 0 Å². The zero-order chi connectivity index (χ0) is 15.6. The van der Waals surface area contributed by atoms with E-state index in [0.717, 1.165) is 12.5 Å². The van der Waals surface area contributed by atoms with Crippen LogP contribution in [0.15, 0.2) is 28.0 Å². The third kappa shape index (κ3) is 4.55. The van der Waals surface area contributed by atoms with Crippen LogP contribution < -0.4 is 5.73 Å². The molecule has 0 fully saturated rings. The van der Waals surface area contributed by atoms with Crippen molar-refractivity contribution in [2.24, 2.45) is 5.73 Å². The van der Waals surface area contributed by atoms with Crippen molar-refractivity contribution in [3.05, 3.63) is 23.8 Å². The molecule has 1 atom stereocenters. The number of ether oxygens (including phenoxy) is 1. The summed E-state index contributed by atoms with van der Waals surface area (Å²) in [5.41, 5.74) is 6.30. The van der Waals surface area contributed by atoms with E-state index in [-0.39, 0.29) is 22.4 Å². The molecule has 1 unspecified atom stereocenters. The van der Waals surface area contributed by atoms with Crippen molar-refractivity contribution in [1.29, 1.82) is 0 Å². The summed E-state index contributed by atoms with van der Waals surface area (Å²) in [6.07, 6.45) is 2.37. The second-order valence-electron chi connectivity index (χ2n) is 4.73. The van der Waals surface area contributed by atoms with Gasteiger partial charge in [-0.2, -0.15) is 0 Å². The molecule has 1 aromatic carbocycles. The van der Waals surface area contributed by atoms with Gasteiger partial charge in [-0.05, 0) is 24.1 Å². The monoisotopic (exact) mass is 321 g/mol. The Morgan fingerprint density at radius 1 is 1.15 bits per heavy atom. The van der Waals surface area contributed by atoms with Gasteiger partial charge in [0.15, 0.2) is 19.7 Å². The van der Waals surface area contributed by atoms with Crippen LogP contribution in [-0.2, 0) is 30.8 Å². The molecular formula is C12H19NO5S2. The fourth-order valence-corrected chi connectivity index (χ4v) is 3.53. The number of hydrogen-bond donors (Lipinski definition) is 1. The molecule has 1 aromatic rings. The molecule has 1 rings (SSSR count). The Hall–Kier alpha value is -0.960. The van der Waals surface area contributed by atoms with Crippen molar-refractivity contribution in [2.45, 2.75) is 22.3 Å². The molecule has 0 aliphatic heterocycles. The number of rotatable bonds is 6. The summed E-state index contributed by atoms with van der Waals surface area (Å²) in [4.78, 5) is -0.0334. The lowest BCUT2D eigenvalue weighted by Crippen LogP contribution is -2.28. The highest BCUT2D eigenvalue weighted by molar-refractivity contribution is 7.91. The molecule has 0 radical (unpaired) electrons. The molecule has 6 nitrogen and oxygen atoms in total. The molecule has 20 heavy (non-hydrogen) atoms. The van der Waals surface area contributed by atoms with Crippen LogP contribution in [0.25, 0.3) is 0 Å². The summed E-state index contributed by atoms with van der Waals surface area (Å²) < 4.78 is 51.5. The highest BCUT2D eigenvalue weighted by atomic mass is 32.2. The van der Waals surface area contributed by atoms with E-state index >= 15 is 0 Å². The van der Waals surface area contributed by atoms with Gasteiger partial charge in [0.05, 0.1) is 16.4 Å². The standard InChI is InChI=1S/C12H19NO5S2/c1-18-8-10(13)6-9-4-5-11(19(2,14)15)7-12(9)20(3,16)17/h4-5,7,10H,6,8,13H2,1-3H3. The number of benzene rings is 1. The van der Waals surface area contributed by atoms with E-state index in [1.54, 1.807) is 0 Å². The SMILES string of the molecule is COCC(N)Cc1ccc(S(C)(=O)=O)cc1S(C)(=O)=O. The predicted molar refractivity (Wildman–Crippen MR) is 76.2 cm³/mol. The molecule has 0 aliphatic carbocycles. The Morgan fingerprint density at radius 2 is 1.75 bits per heavy atom. The number of hydrogen-bond acceptors (Lipinski definition) is 6. The van der Waals surface area contributed by atoms with Crippen LogP contribution >= 0.6 is 0 Å². The summed E-state index contributed by atoms with van der Waals surface area (Å²) in [7, 11) is -5.50. The second kappa shape index (κ2) is 6.21.